The van der Waals surface area contributed by atoms with Crippen molar-refractivity contribution in [2.24, 2.45) is 0 Å². The smallest absolute Gasteiger partial charge is 0.220 e. The molecule has 3 aromatic heterocycles. The van der Waals surface area contributed by atoms with E-state index in [-0.39, 0.29) is 17.4 Å². The van der Waals surface area contributed by atoms with Crippen LogP contribution in [0.2, 0.25) is 0 Å². The van der Waals surface area contributed by atoms with Crippen molar-refractivity contribution < 1.29 is 14.6 Å². The molecule has 2 atom stereocenters. The number of aliphatic hydroxyl groups is 1. The first kappa shape index (κ1) is 19.5. The van der Waals surface area contributed by atoms with Gasteiger partial charge >= 0.3 is 0 Å². The number of hydrogen-bond acceptors (Lipinski definition) is 5. The number of β-amino-alcohol motifs (C(OH)–C–C–N with tert-alkyl or cyclic N) is 1. The lowest BCUT2D eigenvalue weighted by Crippen LogP contribution is -2.43. The molecule has 164 valence electrons. The summed E-state index contributed by atoms with van der Waals surface area (Å²) in [5, 5.41) is 10.3. The molecule has 0 spiro atoms. The number of benzene rings is 1. The fraction of sp³-hybridized carbons (Fsp3) is 0.375. The number of ether oxygens (including phenoxy) is 1. The third-order valence-corrected chi connectivity index (χ3v) is 6.88. The Bertz CT molecular complexity index is 1340. The number of aromatic nitrogens is 4. The summed E-state index contributed by atoms with van der Waals surface area (Å²) < 4.78 is 7.49. The van der Waals surface area contributed by atoms with E-state index in [4.69, 9.17) is 9.72 Å². The van der Waals surface area contributed by atoms with Crippen LogP contribution in [-0.4, -0.2) is 61.1 Å². The molecule has 2 N–H and O–H groups in total. The van der Waals surface area contributed by atoms with Crippen molar-refractivity contribution in [2.75, 3.05) is 19.8 Å². The third kappa shape index (κ3) is 2.79. The highest BCUT2D eigenvalue weighted by Crippen LogP contribution is 2.38. The molecule has 2 aliphatic rings. The molecule has 6 rings (SSSR count). The molecule has 0 bridgehead atoms. The third-order valence-electron chi connectivity index (χ3n) is 6.88. The SMILES string of the molecule is CC(=O)N1CC(O)CC1c1nc(-c2ccc(C3(C)COC3)cc2)c2cnc3[nH]ccc3n12. The average molecular weight is 431 g/mol. The fourth-order valence-corrected chi connectivity index (χ4v) is 5.03. The van der Waals surface area contributed by atoms with Gasteiger partial charge in [-0.2, -0.15) is 0 Å². The molecule has 1 aromatic carbocycles. The molecule has 2 aliphatic heterocycles. The predicted octanol–water partition coefficient (Wildman–Crippen LogP) is 2.82. The Morgan fingerprint density at radius 2 is 2.00 bits per heavy atom. The van der Waals surface area contributed by atoms with E-state index >= 15 is 0 Å². The van der Waals surface area contributed by atoms with Gasteiger partial charge in [0.15, 0.2) is 5.65 Å². The van der Waals surface area contributed by atoms with Gasteiger partial charge in [-0.15, -0.1) is 0 Å². The number of H-pyrrole nitrogens is 1. The summed E-state index contributed by atoms with van der Waals surface area (Å²) in [6.45, 7) is 5.55. The number of carbonyl (C=O) groups is 1. The molecule has 8 heteroatoms. The Morgan fingerprint density at radius 3 is 2.69 bits per heavy atom. The van der Waals surface area contributed by atoms with E-state index in [0.29, 0.717) is 13.0 Å². The molecular weight excluding hydrogens is 406 g/mol. The van der Waals surface area contributed by atoms with Crippen LogP contribution in [0.25, 0.3) is 27.9 Å². The summed E-state index contributed by atoms with van der Waals surface area (Å²) in [6, 6.07) is 10.2. The number of aliphatic hydroxyl groups excluding tert-OH is 1. The van der Waals surface area contributed by atoms with Crippen molar-refractivity contribution >= 4 is 22.6 Å². The van der Waals surface area contributed by atoms with Crippen LogP contribution in [0.4, 0.5) is 0 Å². The van der Waals surface area contributed by atoms with Crippen LogP contribution < -0.4 is 0 Å². The highest BCUT2D eigenvalue weighted by Gasteiger charge is 2.38. The Labute approximate surface area is 184 Å². The minimum Gasteiger partial charge on any atom is -0.391 e. The number of amides is 1. The minimum absolute atomic E-state index is 0.0652. The molecule has 1 amide bonds. The second-order valence-electron chi connectivity index (χ2n) is 9.22. The van der Waals surface area contributed by atoms with Crippen LogP contribution in [-0.2, 0) is 14.9 Å². The van der Waals surface area contributed by atoms with Gasteiger partial charge in [0.2, 0.25) is 5.91 Å². The van der Waals surface area contributed by atoms with Gasteiger partial charge in [-0.05, 0) is 11.6 Å². The van der Waals surface area contributed by atoms with Gasteiger partial charge in [0, 0.05) is 37.1 Å². The van der Waals surface area contributed by atoms with Crippen LogP contribution >= 0.6 is 0 Å². The Hall–Kier alpha value is -3.23. The summed E-state index contributed by atoms with van der Waals surface area (Å²) in [7, 11) is 0. The number of aromatic amines is 1. The first-order valence-corrected chi connectivity index (χ1v) is 10.9. The Kier molecular flexibility index (Phi) is 4.18. The van der Waals surface area contributed by atoms with Crippen molar-refractivity contribution in [3.05, 3.63) is 54.1 Å². The van der Waals surface area contributed by atoms with Crippen LogP contribution in [0.3, 0.4) is 0 Å². The summed E-state index contributed by atoms with van der Waals surface area (Å²) >= 11 is 0. The second kappa shape index (κ2) is 6.88. The molecule has 2 fully saturated rings. The number of rotatable bonds is 3. The van der Waals surface area contributed by atoms with E-state index in [1.807, 2.05) is 18.5 Å². The zero-order valence-electron chi connectivity index (χ0n) is 18.1. The molecule has 4 aromatic rings. The molecular formula is C24H25N5O3. The Morgan fingerprint density at radius 1 is 1.22 bits per heavy atom. The standard InChI is InChI=1S/C24H25N5O3/c1-14(30)28-11-17(31)9-19(28)23-27-21(20-10-26-22-18(29(20)23)7-8-25-22)15-3-5-16(6-4-15)24(2)12-32-13-24/h3-8,10,17,19,25,31H,9,11-13H2,1-2H3. The number of nitrogens with one attached hydrogen (secondary N) is 1. The van der Waals surface area contributed by atoms with Crippen molar-refractivity contribution in [3.63, 3.8) is 0 Å². The Balaban J connectivity index is 1.53. The van der Waals surface area contributed by atoms with Crippen molar-refractivity contribution in [2.45, 2.75) is 37.8 Å². The number of carbonyl (C=O) groups excluding carboxylic acids is 1. The van der Waals surface area contributed by atoms with Crippen molar-refractivity contribution in [1.29, 1.82) is 0 Å². The number of nitrogens with zero attached hydrogens (tertiary/aromatic N) is 4. The van der Waals surface area contributed by atoms with Gasteiger partial charge in [0.05, 0.1) is 48.3 Å². The summed E-state index contributed by atoms with van der Waals surface area (Å²) in [5.41, 5.74) is 5.67. The molecule has 0 radical (unpaired) electrons. The topological polar surface area (TPSA) is 95.8 Å². The fourth-order valence-electron chi connectivity index (χ4n) is 5.03. The molecule has 2 saturated heterocycles. The number of hydrogen-bond donors (Lipinski definition) is 2. The lowest BCUT2D eigenvalue weighted by molar-refractivity contribution is -0.130. The van der Waals surface area contributed by atoms with Crippen LogP contribution in [0.15, 0.2) is 42.7 Å². The number of likely N-dealkylation sites (tertiary alicyclic amines) is 1. The van der Waals surface area contributed by atoms with E-state index in [1.165, 1.54) is 5.56 Å². The summed E-state index contributed by atoms with van der Waals surface area (Å²) in [6.07, 6.45) is 3.57. The normalized spacial score (nSPS) is 22.5. The number of fused-ring (bicyclic) bond motifs is 3. The molecule has 0 saturated carbocycles. The second-order valence-corrected chi connectivity index (χ2v) is 9.22. The van der Waals surface area contributed by atoms with Gasteiger partial charge in [-0.3, -0.25) is 9.20 Å². The first-order chi connectivity index (χ1) is 15.4. The van der Waals surface area contributed by atoms with Crippen molar-refractivity contribution in [3.8, 4) is 11.3 Å². The lowest BCUT2D eigenvalue weighted by atomic mass is 9.80. The number of imidazole rings is 1. The maximum Gasteiger partial charge on any atom is 0.220 e. The molecule has 32 heavy (non-hydrogen) atoms. The maximum absolute atomic E-state index is 12.3. The van der Waals surface area contributed by atoms with Crippen LogP contribution in [0.5, 0.6) is 0 Å². The quantitative estimate of drug-likeness (QED) is 0.520. The van der Waals surface area contributed by atoms with E-state index in [1.54, 1.807) is 11.8 Å². The van der Waals surface area contributed by atoms with E-state index < -0.39 is 6.10 Å². The predicted molar refractivity (Wildman–Crippen MR) is 119 cm³/mol. The molecule has 2 unspecified atom stereocenters. The van der Waals surface area contributed by atoms with Gasteiger partial charge < -0.3 is 19.7 Å². The zero-order chi connectivity index (χ0) is 22.0. The zero-order valence-corrected chi connectivity index (χ0v) is 18.1. The van der Waals surface area contributed by atoms with Crippen molar-refractivity contribution in [1.82, 2.24) is 24.3 Å². The largest absolute Gasteiger partial charge is 0.391 e. The highest BCUT2D eigenvalue weighted by molar-refractivity contribution is 5.84. The van der Waals surface area contributed by atoms with E-state index in [0.717, 1.165) is 47.0 Å². The monoisotopic (exact) mass is 431 g/mol. The van der Waals surface area contributed by atoms with E-state index in [2.05, 4.69) is 45.6 Å². The lowest BCUT2D eigenvalue weighted by Gasteiger charge is -2.38. The minimum atomic E-state index is -0.562. The first-order valence-electron chi connectivity index (χ1n) is 10.9. The molecule has 5 heterocycles. The highest BCUT2D eigenvalue weighted by atomic mass is 16.5. The van der Waals surface area contributed by atoms with Gasteiger partial charge in [-0.1, -0.05) is 31.2 Å². The van der Waals surface area contributed by atoms with Gasteiger partial charge in [0.25, 0.3) is 0 Å². The van der Waals surface area contributed by atoms with Gasteiger partial charge in [0.1, 0.15) is 5.82 Å². The maximum atomic E-state index is 12.3. The summed E-state index contributed by atoms with van der Waals surface area (Å²) in [4.78, 5) is 26.8. The molecule has 8 nitrogen and oxygen atoms in total. The average Bonchev–Trinajstić information content (AvgIpc) is 3.47. The van der Waals surface area contributed by atoms with Gasteiger partial charge in [-0.25, -0.2) is 9.97 Å². The van der Waals surface area contributed by atoms with Crippen LogP contribution in [0.1, 0.15) is 37.7 Å². The van der Waals surface area contributed by atoms with Crippen LogP contribution in [0, 0.1) is 0 Å². The van der Waals surface area contributed by atoms with E-state index in [9.17, 15) is 9.90 Å². The summed E-state index contributed by atoms with van der Waals surface area (Å²) in [5.74, 6) is 0.682. The molecule has 0 aliphatic carbocycles.